The first-order valence-electron chi connectivity index (χ1n) is 8.83. The fourth-order valence-corrected chi connectivity index (χ4v) is 3.15. The molecule has 140 valence electrons. The van der Waals surface area contributed by atoms with Crippen LogP contribution in [-0.2, 0) is 17.9 Å². The zero-order valence-corrected chi connectivity index (χ0v) is 15.8. The molecule has 0 saturated carbocycles. The van der Waals surface area contributed by atoms with Crippen molar-refractivity contribution in [3.05, 3.63) is 95.6 Å². The minimum Gasteiger partial charge on any atom is -0.488 e. The molecule has 1 N–H and O–H groups in total. The largest absolute Gasteiger partial charge is 0.488 e. The number of carbonyl (C=O) groups excluding carboxylic acids is 1. The lowest BCUT2D eigenvalue weighted by Crippen LogP contribution is -2.29. The van der Waals surface area contributed by atoms with Gasteiger partial charge in [0.25, 0.3) is 5.91 Å². The first kappa shape index (κ1) is 18.0. The number of rotatable bonds is 6. The maximum absolute atomic E-state index is 12.8. The Balaban J connectivity index is 1.52. The van der Waals surface area contributed by atoms with Crippen molar-refractivity contribution in [3.8, 4) is 5.75 Å². The second kappa shape index (κ2) is 8.10. The van der Waals surface area contributed by atoms with Gasteiger partial charge in [-0.1, -0.05) is 48.5 Å². The van der Waals surface area contributed by atoms with E-state index in [-0.39, 0.29) is 5.91 Å². The van der Waals surface area contributed by atoms with E-state index < -0.39 is 0 Å². The summed E-state index contributed by atoms with van der Waals surface area (Å²) < 4.78 is 11.3. The zero-order chi connectivity index (χ0) is 19.3. The highest BCUT2D eigenvalue weighted by Crippen LogP contribution is 2.24. The van der Waals surface area contributed by atoms with Crippen LogP contribution in [0.5, 0.6) is 5.75 Å². The summed E-state index contributed by atoms with van der Waals surface area (Å²) >= 11 is 5.31. The molecule has 0 bridgehead atoms. The molecule has 4 rings (SSSR count). The molecule has 2 heterocycles. The van der Waals surface area contributed by atoms with Crippen molar-refractivity contribution in [1.82, 2.24) is 10.2 Å². The highest BCUT2D eigenvalue weighted by atomic mass is 32.1. The smallest absolute Gasteiger partial charge is 0.276 e. The molecular weight excluding hydrogens is 372 g/mol. The molecule has 6 heteroatoms. The summed E-state index contributed by atoms with van der Waals surface area (Å²) in [5.41, 5.74) is 2.29. The minimum atomic E-state index is -0.195. The lowest BCUT2D eigenvalue weighted by atomic mass is 10.1. The van der Waals surface area contributed by atoms with E-state index in [9.17, 15) is 4.79 Å². The monoisotopic (exact) mass is 390 g/mol. The highest BCUT2D eigenvalue weighted by molar-refractivity contribution is 7.80. The van der Waals surface area contributed by atoms with Crippen LogP contribution in [0.15, 0.2) is 83.1 Å². The standard InChI is InChI=1S/C22H18N2O3S/c25-21-19(23-22(28)24(21)14-18-10-6-12-26-18)13-17-9-4-5-11-20(17)27-15-16-7-2-1-3-8-16/h1-13H,14-15H2,(H,23,28)/b19-13-. The Morgan fingerprint density at radius 3 is 2.61 bits per heavy atom. The lowest BCUT2D eigenvalue weighted by Gasteiger charge is -2.11. The Hall–Kier alpha value is -3.38. The number of hydrogen-bond donors (Lipinski definition) is 1. The minimum absolute atomic E-state index is 0.195. The number of hydrogen-bond acceptors (Lipinski definition) is 4. The fourth-order valence-electron chi connectivity index (χ4n) is 2.90. The molecule has 1 fully saturated rings. The summed E-state index contributed by atoms with van der Waals surface area (Å²) in [6.45, 7) is 0.743. The van der Waals surface area contributed by atoms with Crippen molar-refractivity contribution >= 4 is 29.3 Å². The number of para-hydroxylation sites is 1. The second-order valence-corrected chi connectivity index (χ2v) is 6.66. The lowest BCUT2D eigenvalue weighted by molar-refractivity contribution is -0.122. The van der Waals surface area contributed by atoms with Gasteiger partial charge in [0.05, 0.1) is 12.8 Å². The van der Waals surface area contributed by atoms with Gasteiger partial charge in [0.1, 0.15) is 23.8 Å². The van der Waals surface area contributed by atoms with Crippen LogP contribution < -0.4 is 10.1 Å². The third-order valence-electron chi connectivity index (χ3n) is 4.31. The van der Waals surface area contributed by atoms with Gasteiger partial charge in [0, 0.05) is 5.56 Å². The Morgan fingerprint density at radius 1 is 1.04 bits per heavy atom. The number of nitrogens with one attached hydrogen (secondary N) is 1. The van der Waals surface area contributed by atoms with E-state index in [0.717, 1.165) is 11.1 Å². The number of benzene rings is 2. The predicted octanol–water partition coefficient (Wildman–Crippen LogP) is 4.12. The topological polar surface area (TPSA) is 54.7 Å². The molecule has 0 radical (unpaired) electrons. The molecule has 0 atom stereocenters. The SMILES string of the molecule is O=C1/C(=C/c2ccccc2OCc2ccccc2)NC(=S)N1Cc1ccco1. The van der Waals surface area contributed by atoms with Gasteiger partial charge in [-0.2, -0.15) is 0 Å². The van der Waals surface area contributed by atoms with Crippen LogP contribution >= 0.6 is 12.2 Å². The van der Waals surface area contributed by atoms with Crippen molar-refractivity contribution in [2.24, 2.45) is 0 Å². The summed E-state index contributed by atoms with van der Waals surface area (Å²) in [6.07, 6.45) is 3.33. The number of carbonyl (C=O) groups is 1. The fraction of sp³-hybridized carbons (Fsp3) is 0.0909. The highest BCUT2D eigenvalue weighted by Gasteiger charge is 2.31. The molecule has 28 heavy (non-hydrogen) atoms. The Bertz CT molecular complexity index is 1010. The summed E-state index contributed by atoms with van der Waals surface area (Å²) in [5.74, 6) is 1.17. The van der Waals surface area contributed by atoms with Crippen molar-refractivity contribution in [1.29, 1.82) is 0 Å². The molecular formula is C22H18N2O3S. The molecule has 0 aliphatic carbocycles. The van der Waals surface area contributed by atoms with E-state index in [1.165, 1.54) is 4.90 Å². The van der Waals surface area contributed by atoms with E-state index in [0.29, 0.717) is 35.5 Å². The Labute approximate surface area is 168 Å². The molecule has 1 saturated heterocycles. The number of nitrogens with zero attached hydrogens (tertiary/aromatic N) is 1. The van der Waals surface area contributed by atoms with E-state index in [1.807, 2.05) is 60.7 Å². The average molecular weight is 390 g/mol. The summed E-state index contributed by atoms with van der Waals surface area (Å²) in [7, 11) is 0. The van der Waals surface area contributed by atoms with Gasteiger partial charge in [0.2, 0.25) is 0 Å². The van der Waals surface area contributed by atoms with Crippen LogP contribution in [0.4, 0.5) is 0 Å². The van der Waals surface area contributed by atoms with Crippen molar-refractivity contribution in [3.63, 3.8) is 0 Å². The van der Waals surface area contributed by atoms with Gasteiger partial charge in [-0.3, -0.25) is 9.69 Å². The van der Waals surface area contributed by atoms with E-state index in [4.69, 9.17) is 21.4 Å². The van der Waals surface area contributed by atoms with Crippen molar-refractivity contribution in [2.75, 3.05) is 0 Å². The average Bonchev–Trinajstić information content (AvgIpc) is 3.32. The van der Waals surface area contributed by atoms with Gasteiger partial charge >= 0.3 is 0 Å². The molecule has 1 aliphatic heterocycles. The summed E-state index contributed by atoms with van der Waals surface area (Å²) in [5, 5.41) is 3.34. The normalized spacial score (nSPS) is 15.1. The van der Waals surface area contributed by atoms with Gasteiger partial charge in [-0.25, -0.2) is 0 Å². The molecule has 1 aromatic heterocycles. The molecule has 0 spiro atoms. The molecule has 0 unspecified atom stereocenters. The molecule has 5 nitrogen and oxygen atoms in total. The zero-order valence-electron chi connectivity index (χ0n) is 15.0. The molecule has 2 aromatic carbocycles. The summed E-state index contributed by atoms with van der Waals surface area (Å²) in [4.78, 5) is 14.2. The van der Waals surface area contributed by atoms with E-state index in [2.05, 4.69) is 5.32 Å². The van der Waals surface area contributed by atoms with E-state index in [1.54, 1.807) is 18.4 Å². The van der Waals surface area contributed by atoms with Gasteiger partial charge in [-0.05, 0) is 42.1 Å². The van der Waals surface area contributed by atoms with Gasteiger partial charge in [-0.15, -0.1) is 0 Å². The first-order valence-corrected chi connectivity index (χ1v) is 9.24. The van der Waals surface area contributed by atoms with Crippen LogP contribution in [0, 0.1) is 0 Å². The number of ether oxygens (including phenoxy) is 1. The number of thiocarbonyl (C=S) groups is 1. The van der Waals surface area contributed by atoms with Crippen molar-refractivity contribution < 1.29 is 13.9 Å². The van der Waals surface area contributed by atoms with Gasteiger partial charge < -0.3 is 14.5 Å². The third-order valence-corrected chi connectivity index (χ3v) is 4.63. The number of furan rings is 1. The first-order chi connectivity index (χ1) is 13.7. The predicted molar refractivity (Wildman–Crippen MR) is 110 cm³/mol. The van der Waals surface area contributed by atoms with Crippen LogP contribution in [0.3, 0.4) is 0 Å². The van der Waals surface area contributed by atoms with Crippen LogP contribution in [0.2, 0.25) is 0 Å². The van der Waals surface area contributed by atoms with Crippen molar-refractivity contribution in [2.45, 2.75) is 13.2 Å². The molecule has 3 aromatic rings. The van der Waals surface area contributed by atoms with Crippen LogP contribution in [0.25, 0.3) is 6.08 Å². The van der Waals surface area contributed by atoms with E-state index >= 15 is 0 Å². The molecule has 1 aliphatic rings. The van der Waals surface area contributed by atoms with Crippen LogP contribution in [-0.4, -0.2) is 15.9 Å². The van der Waals surface area contributed by atoms with Gasteiger partial charge in [0.15, 0.2) is 5.11 Å². The third kappa shape index (κ3) is 3.97. The Morgan fingerprint density at radius 2 is 1.82 bits per heavy atom. The molecule has 1 amide bonds. The Kier molecular flexibility index (Phi) is 5.21. The maximum atomic E-state index is 12.8. The maximum Gasteiger partial charge on any atom is 0.276 e. The van der Waals surface area contributed by atoms with Crippen LogP contribution in [0.1, 0.15) is 16.9 Å². The second-order valence-electron chi connectivity index (χ2n) is 6.27. The number of amides is 1. The summed E-state index contributed by atoms with van der Waals surface area (Å²) in [6, 6.07) is 21.1. The quantitative estimate of drug-likeness (QED) is 0.507.